The Labute approximate surface area is 83.5 Å². The van der Waals surface area contributed by atoms with E-state index in [0.717, 1.165) is 0 Å². The van der Waals surface area contributed by atoms with Crippen molar-refractivity contribution in [2.45, 2.75) is 0 Å². The Balaban J connectivity index is 3.14. The van der Waals surface area contributed by atoms with E-state index >= 15 is 0 Å². The molecule has 74 valence electrons. The topological polar surface area (TPSA) is 37.2 Å². The third kappa shape index (κ3) is 1.81. The molecule has 0 spiro atoms. The molecule has 1 rings (SSSR count). The highest BCUT2D eigenvalue weighted by atomic mass is 32.4. The predicted molar refractivity (Wildman–Crippen MR) is 57.1 cm³/mol. The Morgan fingerprint density at radius 1 is 1.23 bits per heavy atom. The molecule has 5 nitrogen and oxygen atoms in total. The van der Waals surface area contributed by atoms with Gasteiger partial charge in [0.25, 0.3) is 0 Å². The van der Waals surface area contributed by atoms with Crippen molar-refractivity contribution in [3.63, 3.8) is 0 Å². The van der Waals surface area contributed by atoms with E-state index in [-0.39, 0.29) is 0 Å². The van der Waals surface area contributed by atoms with Crippen molar-refractivity contribution in [3.8, 4) is 0 Å². The maximum absolute atomic E-state index is 5.59. The SMILES string of the molecule is CN(C)P(=S)(N(C)C)n1cncn1. The Kier molecular flexibility index (Phi) is 3.18. The van der Waals surface area contributed by atoms with Crippen molar-refractivity contribution in [1.82, 2.24) is 23.9 Å². The molecule has 0 atom stereocenters. The fourth-order valence-electron chi connectivity index (χ4n) is 1.06. The molecular weight excluding hydrogens is 205 g/mol. The van der Waals surface area contributed by atoms with Crippen LogP contribution in [0.15, 0.2) is 12.7 Å². The van der Waals surface area contributed by atoms with Crippen LogP contribution in [0.3, 0.4) is 0 Å². The molecule has 0 aromatic carbocycles. The third-order valence-corrected chi connectivity index (χ3v) is 7.00. The predicted octanol–water partition coefficient (Wildman–Crippen LogP) is 0.474. The molecule has 1 heterocycles. The Hall–Kier alpha value is -0.290. The van der Waals surface area contributed by atoms with E-state index < -0.39 is 6.49 Å². The third-order valence-electron chi connectivity index (χ3n) is 1.72. The van der Waals surface area contributed by atoms with Crippen molar-refractivity contribution in [1.29, 1.82) is 0 Å². The molecule has 0 unspecified atom stereocenters. The average Bonchev–Trinajstić information content (AvgIpc) is 2.54. The van der Waals surface area contributed by atoms with Crippen LogP contribution in [-0.4, -0.2) is 52.1 Å². The largest absolute Gasteiger partial charge is 0.252 e. The minimum Gasteiger partial charge on any atom is -0.252 e. The summed E-state index contributed by atoms with van der Waals surface area (Å²) in [6, 6.07) is 0. The number of rotatable bonds is 3. The summed E-state index contributed by atoms with van der Waals surface area (Å²) in [5, 5.41) is 4.10. The maximum atomic E-state index is 5.59. The quantitative estimate of drug-likeness (QED) is 0.691. The molecule has 0 aliphatic rings. The van der Waals surface area contributed by atoms with E-state index in [0.29, 0.717) is 0 Å². The average molecular weight is 219 g/mol. The molecule has 1 aromatic heterocycles. The van der Waals surface area contributed by atoms with Crippen molar-refractivity contribution in [2.24, 2.45) is 0 Å². The number of hydrogen-bond donors (Lipinski definition) is 0. The van der Waals surface area contributed by atoms with Gasteiger partial charge in [0.05, 0.1) is 0 Å². The summed E-state index contributed by atoms with van der Waals surface area (Å²) in [5.74, 6) is 0. The highest BCUT2D eigenvalue weighted by Gasteiger charge is 2.25. The van der Waals surface area contributed by atoms with Gasteiger partial charge in [-0.3, -0.25) is 9.34 Å². The van der Waals surface area contributed by atoms with Crippen LogP contribution >= 0.6 is 6.49 Å². The monoisotopic (exact) mass is 219 g/mol. The molecule has 0 N–H and O–H groups in total. The van der Waals surface area contributed by atoms with Gasteiger partial charge in [-0.1, -0.05) is 0 Å². The summed E-state index contributed by atoms with van der Waals surface area (Å²) < 4.78 is 5.77. The van der Waals surface area contributed by atoms with E-state index in [2.05, 4.69) is 10.1 Å². The van der Waals surface area contributed by atoms with Gasteiger partial charge in [0, 0.05) is 0 Å². The minimum absolute atomic E-state index is 1.51. The number of aromatic nitrogens is 3. The molecule has 0 amide bonds. The van der Waals surface area contributed by atoms with Crippen molar-refractivity contribution in [2.75, 3.05) is 28.2 Å². The van der Waals surface area contributed by atoms with Gasteiger partial charge < -0.3 is 0 Å². The molecule has 0 saturated carbocycles. The van der Waals surface area contributed by atoms with Gasteiger partial charge in [-0.15, -0.1) is 0 Å². The molecule has 0 aliphatic carbocycles. The normalized spacial score (nSPS) is 12.8. The van der Waals surface area contributed by atoms with E-state index in [1.165, 1.54) is 6.33 Å². The zero-order chi connectivity index (χ0) is 10.1. The van der Waals surface area contributed by atoms with Crippen molar-refractivity contribution in [3.05, 3.63) is 12.7 Å². The summed E-state index contributed by atoms with van der Waals surface area (Å²) in [5.41, 5.74) is 0. The molecule has 1 aromatic rings. The van der Waals surface area contributed by atoms with Crippen LogP contribution in [0.25, 0.3) is 0 Å². The number of nitrogens with zero attached hydrogens (tertiary/aromatic N) is 5. The molecule has 0 bridgehead atoms. The number of hydrogen-bond acceptors (Lipinski definition) is 3. The smallest absolute Gasteiger partial charge is 0.190 e. The van der Waals surface area contributed by atoms with Crippen LogP contribution in [0.4, 0.5) is 0 Å². The van der Waals surface area contributed by atoms with Crippen molar-refractivity contribution < 1.29 is 0 Å². The van der Waals surface area contributed by atoms with E-state index in [9.17, 15) is 0 Å². The lowest BCUT2D eigenvalue weighted by molar-refractivity contribution is 0.550. The van der Waals surface area contributed by atoms with Gasteiger partial charge in [-0.2, -0.15) is 9.55 Å². The van der Waals surface area contributed by atoms with Crippen LogP contribution in [0.1, 0.15) is 0 Å². The highest BCUT2D eigenvalue weighted by molar-refractivity contribution is 8.11. The first kappa shape index (κ1) is 10.8. The van der Waals surface area contributed by atoms with Gasteiger partial charge >= 0.3 is 0 Å². The summed E-state index contributed by atoms with van der Waals surface area (Å²) in [6.45, 7) is -1.92. The lowest BCUT2D eigenvalue weighted by Crippen LogP contribution is -2.25. The fraction of sp³-hybridized carbons (Fsp3) is 0.667. The molecular formula is C6H14N5PS. The lowest BCUT2D eigenvalue weighted by Gasteiger charge is -2.33. The van der Waals surface area contributed by atoms with Gasteiger partial charge in [-0.05, 0) is 40.0 Å². The molecule has 7 heteroatoms. The van der Waals surface area contributed by atoms with Crippen molar-refractivity contribution >= 4 is 18.3 Å². The van der Waals surface area contributed by atoms with Crippen LogP contribution < -0.4 is 0 Å². The Bertz CT molecular complexity index is 295. The lowest BCUT2D eigenvalue weighted by atomic mass is 11.3. The van der Waals surface area contributed by atoms with Crippen LogP contribution in [0.5, 0.6) is 0 Å². The second kappa shape index (κ2) is 3.84. The molecule has 13 heavy (non-hydrogen) atoms. The molecule has 0 radical (unpaired) electrons. The minimum atomic E-state index is -1.92. The van der Waals surface area contributed by atoms with Crippen LogP contribution in [-0.2, 0) is 11.8 Å². The zero-order valence-electron chi connectivity index (χ0n) is 8.25. The van der Waals surface area contributed by atoms with Crippen LogP contribution in [0.2, 0.25) is 0 Å². The molecule has 0 saturated heterocycles. The first-order valence-electron chi connectivity index (χ1n) is 3.80. The molecule has 0 fully saturated rings. The van der Waals surface area contributed by atoms with E-state index in [1.54, 1.807) is 10.8 Å². The standard InChI is InChI=1S/C6H14N5PS/c1-9(2)12(13,10(3)4)11-6-7-5-8-11/h5-6H,1-4H3. The fourth-order valence-corrected chi connectivity index (χ4v) is 3.14. The Morgan fingerprint density at radius 3 is 2.08 bits per heavy atom. The highest BCUT2D eigenvalue weighted by Crippen LogP contribution is 2.49. The van der Waals surface area contributed by atoms with Gasteiger partial charge in [0.2, 0.25) is 0 Å². The maximum Gasteiger partial charge on any atom is 0.190 e. The summed E-state index contributed by atoms with van der Waals surface area (Å²) in [4.78, 5) is 3.91. The zero-order valence-corrected chi connectivity index (χ0v) is 9.96. The summed E-state index contributed by atoms with van der Waals surface area (Å²) in [7, 11) is 7.84. The van der Waals surface area contributed by atoms with Crippen LogP contribution in [0, 0.1) is 0 Å². The molecule has 0 aliphatic heterocycles. The Morgan fingerprint density at radius 2 is 1.77 bits per heavy atom. The van der Waals surface area contributed by atoms with Gasteiger partial charge in [0.1, 0.15) is 12.7 Å². The second-order valence-electron chi connectivity index (χ2n) is 3.02. The van der Waals surface area contributed by atoms with E-state index in [4.69, 9.17) is 11.8 Å². The summed E-state index contributed by atoms with van der Waals surface area (Å²) in [6.07, 6.45) is 3.18. The second-order valence-corrected chi connectivity index (χ2v) is 7.53. The first-order chi connectivity index (χ1) is 5.99. The van der Waals surface area contributed by atoms with Gasteiger partial charge in [-0.25, -0.2) is 4.98 Å². The van der Waals surface area contributed by atoms with Gasteiger partial charge in [0.15, 0.2) is 6.49 Å². The van der Waals surface area contributed by atoms with E-state index in [1.807, 2.05) is 37.5 Å². The summed E-state index contributed by atoms with van der Waals surface area (Å²) >= 11 is 5.59. The first-order valence-corrected chi connectivity index (χ1v) is 6.46.